The van der Waals surface area contributed by atoms with E-state index in [9.17, 15) is 0 Å². The number of hydrogen-bond acceptors (Lipinski definition) is 0. The highest BCUT2D eigenvalue weighted by Crippen LogP contribution is 2.61. The smallest absolute Gasteiger partial charge is 0.0654 e. The number of unbranched alkanes of at least 4 members (excludes halogenated alkanes) is 16. The number of rotatable bonds is 24. The molecule has 0 saturated heterocycles. The summed E-state index contributed by atoms with van der Waals surface area (Å²) >= 11 is 14.6. The first-order valence-electron chi connectivity index (χ1n) is 14.6. The van der Waals surface area contributed by atoms with Crippen LogP contribution in [0.5, 0.6) is 0 Å². The first-order valence-corrected chi connectivity index (χ1v) is 21.2. The van der Waals surface area contributed by atoms with Crippen LogP contribution in [0, 0.1) is 0 Å². The van der Waals surface area contributed by atoms with Crippen LogP contribution < -0.4 is 0 Å². The van der Waals surface area contributed by atoms with Gasteiger partial charge in [0, 0.05) is 7.26 Å². The Labute approximate surface area is 226 Å². The molecule has 0 amide bonds. The third-order valence-electron chi connectivity index (χ3n) is 6.94. The molecular formula is C28H60Cl3P2+. The second-order valence-electron chi connectivity index (χ2n) is 10.1. The van der Waals surface area contributed by atoms with E-state index in [-0.39, 0.29) is 0 Å². The van der Waals surface area contributed by atoms with Crippen molar-refractivity contribution in [2.75, 3.05) is 24.6 Å². The monoisotopic (exact) mass is 563 g/mol. The van der Waals surface area contributed by atoms with E-state index in [1.807, 2.05) is 0 Å². The first-order chi connectivity index (χ1) is 16.0. The summed E-state index contributed by atoms with van der Waals surface area (Å²) in [6.07, 6.45) is 36.0. The summed E-state index contributed by atoms with van der Waals surface area (Å²) in [7, 11) is -0.630. The zero-order valence-corrected chi connectivity index (χ0v) is 27.1. The molecule has 0 aromatic heterocycles. The molecule has 0 unspecified atom stereocenters. The van der Waals surface area contributed by atoms with Gasteiger partial charge in [0.05, 0.1) is 24.6 Å². The molecule has 202 valence electrons. The molecule has 0 rings (SSSR count). The van der Waals surface area contributed by atoms with Gasteiger partial charge in [-0.25, -0.2) is 0 Å². The highest BCUT2D eigenvalue weighted by atomic mass is 36.0. The van der Waals surface area contributed by atoms with E-state index in [1.165, 1.54) is 122 Å². The van der Waals surface area contributed by atoms with Crippen LogP contribution in [0.2, 0.25) is 0 Å². The molecule has 0 fully saturated rings. The summed E-state index contributed by atoms with van der Waals surface area (Å²) in [5.41, 5.74) is 0. The Morgan fingerprint density at radius 2 is 0.576 bits per heavy atom. The quantitative estimate of drug-likeness (QED) is 0.0807. The van der Waals surface area contributed by atoms with Crippen molar-refractivity contribution in [2.24, 2.45) is 0 Å². The lowest BCUT2D eigenvalue weighted by atomic mass is 10.0. The fourth-order valence-corrected chi connectivity index (χ4v) is 9.99. The molecule has 0 aromatic rings. The molecule has 0 N–H and O–H groups in total. The van der Waals surface area contributed by atoms with Crippen molar-refractivity contribution >= 4 is 47.0 Å². The Bertz CT molecular complexity index is 330. The van der Waals surface area contributed by atoms with Crippen molar-refractivity contribution in [3.8, 4) is 0 Å². The van der Waals surface area contributed by atoms with Crippen molar-refractivity contribution in [3.05, 3.63) is 0 Å². The molecule has 33 heavy (non-hydrogen) atoms. The van der Waals surface area contributed by atoms with Crippen molar-refractivity contribution in [1.29, 1.82) is 0 Å². The van der Waals surface area contributed by atoms with E-state index in [4.69, 9.17) is 33.7 Å². The molecule has 0 aromatic carbocycles. The fraction of sp³-hybridized carbons (Fsp3) is 1.00. The molecule has 0 saturated carbocycles. The van der Waals surface area contributed by atoms with Gasteiger partial charge < -0.3 is 0 Å². The van der Waals surface area contributed by atoms with E-state index in [0.29, 0.717) is 0 Å². The van der Waals surface area contributed by atoms with Crippen LogP contribution in [0.25, 0.3) is 0 Å². The van der Waals surface area contributed by atoms with Crippen LogP contribution in [-0.2, 0) is 0 Å². The van der Waals surface area contributed by atoms with Gasteiger partial charge in [0.1, 0.15) is 0 Å². The van der Waals surface area contributed by atoms with Gasteiger partial charge in [-0.05, 0) is 32.1 Å². The third kappa shape index (κ3) is 29.8. The van der Waals surface area contributed by atoms with Crippen LogP contribution >= 0.6 is 47.0 Å². The molecule has 0 aliphatic carbocycles. The summed E-state index contributed by atoms with van der Waals surface area (Å²) in [4.78, 5) is 0. The maximum Gasteiger partial charge on any atom is 0.179 e. The molecule has 0 radical (unpaired) electrons. The van der Waals surface area contributed by atoms with Crippen LogP contribution in [0.3, 0.4) is 0 Å². The van der Waals surface area contributed by atoms with E-state index < -0.39 is 13.2 Å². The average molecular weight is 565 g/mol. The van der Waals surface area contributed by atoms with Gasteiger partial charge in [-0.2, -0.15) is 0 Å². The van der Waals surface area contributed by atoms with Crippen LogP contribution in [0.1, 0.15) is 156 Å². The van der Waals surface area contributed by atoms with Crippen LogP contribution in [0.15, 0.2) is 0 Å². The highest BCUT2D eigenvalue weighted by Gasteiger charge is 2.34. The highest BCUT2D eigenvalue weighted by molar-refractivity contribution is 8.20. The molecule has 0 aliphatic rings. The lowest BCUT2D eigenvalue weighted by Gasteiger charge is -2.28. The van der Waals surface area contributed by atoms with Crippen molar-refractivity contribution < 1.29 is 0 Å². The summed E-state index contributed by atoms with van der Waals surface area (Å²) in [6, 6.07) is 0. The second-order valence-corrected chi connectivity index (χ2v) is 19.5. The number of hydrogen-bond donors (Lipinski definition) is 0. The van der Waals surface area contributed by atoms with Gasteiger partial charge in [0.2, 0.25) is 0 Å². The third-order valence-corrected chi connectivity index (χ3v) is 12.0. The van der Waals surface area contributed by atoms with Gasteiger partial charge in [0.25, 0.3) is 0 Å². The average Bonchev–Trinajstić information content (AvgIpc) is 2.79. The maximum atomic E-state index is 4.87. The van der Waals surface area contributed by atoms with E-state index in [1.54, 1.807) is 31.1 Å². The maximum absolute atomic E-state index is 4.87. The van der Waals surface area contributed by atoms with Crippen LogP contribution in [0.4, 0.5) is 0 Å². The lowest BCUT2D eigenvalue weighted by molar-refractivity contribution is 0.538. The Morgan fingerprint density at radius 3 is 0.848 bits per heavy atom. The minimum Gasteiger partial charge on any atom is -0.0654 e. The van der Waals surface area contributed by atoms with Gasteiger partial charge in [0.15, 0.2) is 5.98 Å². The lowest BCUT2D eigenvalue weighted by Crippen LogP contribution is -2.13. The fourth-order valence-electron chi connectivity index (χ4n) is 4.79. The van der Waals surface area contributed by atoms with Crippen molar-refractivity contribution in [2.45, 2.75) is 156 Å². The SMILES string of the molecule is CCCCCCCCCCCCCCCC[P+](CCCC)(CCCC)CCCC.ClP(Cl)Cl. The molecule has 0 spiro atoms. The van der Waals surface area contributed by atoms with E-state index in [2.05, 4.69) is 27.7 Å². The largest absolute Gasteiger partial charge is 0.179 e. The van der Waals surface area contributed by atoms with E-state index in [0.717, 1.165) is 0 Å². The summed E-state index contributed by atoms with van der Waals surface area (Å²) < 4.78 is 0. The van der Waals surface area contributed by atoms with Gasteiger partial charge >= 0.3 is 0 Å². The molecule has 5 heteroatoms. The molecule has 0 heterocycles. The normalized spacial score (nSPS) is 11.6. The van der Waals surface area contributed by atoms with Gasteiger partial charge in [-0.3, -0.25) is 0 Å². The Balaban J connectivity index is 0. The summed E-state index contributed by atoms with van der Waals surface area (Å²) in [5, 5.41) is 0. The minimum absolute atomic E-state index is 0.630. The molecule has 0 bridgehead atoms. The zero-order chi connectivity index (χ0) is 25.0. The van der Waals surface area contributed by atoms with E-state index >= 15 is 0 Å². The molecule has 0 nitrogen and oxygen atoms in total. The minimum atomic E-state index is -1.20. The Kier molecular flexibility index (Phi) is 33.5. The van der Waals surface area contributed by atoms with Crippen molar-refractivity contribution in [3.63, 3.8) is 0 Å². The van der Waals surface area contributed by atoms with Gasteiger partial charge in [-0.1, -0.05) is 158 Å². The molecule has 0 atom stereocenters. The van der Waals surface area contributed by atoms with Crippen LogP contribution in [-0.4, -0.2) is 24.6 Å². The molecular weight excluding hydrogens is 505 g/mol. The summed E-state index contributed by atoms with van der Waals surface area (Å²) in [5.74, 6) is -1.20. The molecule has 0 aliphatic heterocycles. The second kappa shape index (κ2) is 30.0. The topological polar surface area (TPSA) is 0 Å². The first kappa shape index (κ1) is 36.9. The standard InChI is InChI=1S/C28H60P.Cl3P/c1-5-9-13-14-15-16-17-18-19-20-21-22-23-24-28-29(25-10-6-2,26-11-7-3)27-12-8-4;1-4(2)3/h5-28H2,1-4H3;/q+1;. The zero-order valence-electron chi connectivity index (χ0n) is 23.0. The predicted molar refractivity (Wildman–Crippen MR) is 166 cm³/mol. The predicted octanol–water partition coefficient (Wildman–Crippen LogP) is 13.8. The Morgan fingerprint density at radius 1 is 0.364 bits per heavy atom. The Hall–Kier alpha value is 1.73. The van der Waals surface area contributed by atoms with Crippen molar-refractivity contribution in [1.82, 2.24) is 0 Å². The number of halogens is 3. The summed E-state index contributed by atoms with van der Waals surface area (Å²) in [6.45, 7) is 9.48. The van der Waals surface area contributed by atoms with Gasteiger partial charge in [-0.15, -0.1) is 0 Å².